The van der Waals surface area contributed by atoms with E-state index in [1.165, 1.54) is 6.08 Å². The number of hydrogen-bond acceptors (Lipinski definition) is 9. The van der Waals surface area contributed by atoms with Crippen LogP contribution in [0.2, 0.25) is 0 Å². The molecule has 9 nitrogen and oxygen atoms in total. The lowest BCUT2D eigenvalue weighted by Gasteiger charge is -2.35. The highest BCUT2D eigenvalue weighted by Crippen LogP contribution is 2.39. The number of hydrogen-bond donors (Lipinski definition) is 3. The topological polar surface area (TPSA) is 94.6 Å². The number of anilines is 5. The number of fused-ring (bicyclic) bond motifs is 1. The van der Waals surface area contributed by atoms with Crippen LogP contribution in [-0.2, 0) is 4.79 Å². The van der Waals surface area contributed by atoms with Crippen LogP contribution in [0.25, 0.3) is 21.5 Å². The summed E-state index contributed by atoms with van der Waals surface area (Å²) >= 11 is 1.61. The first-order valence-electron chi connectivity index (χ1n) is 12.4. The lowest BCUT2D eigenvalue weighted by atomic mass is 10.1. The first-order valence-corrected chi connectivity index (χ1v) is 13.3. The highest BCUT2D eigenvalue weighted by molar-refractivity contribution is 7.17. The third-order valence-electron chi connectivity index (χ3n) is 6.60. The molecule has 1 fully saturated rings. The van der Waals surface area contributed by atoms with Gasteiger partial charge in [-0.15, -0.1) is 11.3 Å². The molecule has 0 saturated carbocycles. The minimum Gasteiger partial charge on any atom is -0.494 e. The highest BCUT2D eigenvalue weighted by atomic mass is 32.1. The molecule has 0 atom stereocenters. The summed E-state index contributed by atoms with van der Waals surface area (Å²) in [5.74, 6) is 0.791. The van der Waals surface area contributed by atoms with Crippen molar-refractivity contribution in [2.75, 3.05) is 68.2 Å². The van der Waals surface area contributed by atoms with E-state index < -0.39 is 0 Å². The van der Waals surface area contributed by atoms with Gasteiger partial charge >= 0.3 is 0 Å². The van der Waals surface area contributed by atoms with E-state index in [0.717, 1.165) is 59.0 Å². The van der Waals surface area contributed by atoms with Gasteiger partial charge < -0.3 is 30.5 Å². The number of carbonyl (C=O) groups excluding carboxylic acids is 1. The predicted molar refractivity (Wildman–Crippen MR) is 157 cm³/mol. The molecule has 1 aliphatic heterocycles. The van der Waals surface area contributed by atoms with Crippen LogP contribution in [0.4, 0.5) is 28.7 Å². The summed E-state index contributed by atoms with van der Waals surface area (Å²) in [7, 11) is 5.64. The Morgan fingerprint density at radius 2 is 1.84 bits per heavy atom. The number of ether oxygens (including phenoxy) is 1. The molecular formula is C28H31N7O2S. The van der Waals surface area contributed by atoms with Gasteiger partial charge in [0.25, 0.3) is 0 Å². The fraction of sp³-hybridized carbons (Fsp3) is 0.250. The van der Waals surface area contributed by atoms with Crippen LogP contribution < -0.4 is 25.6 Å². The summed E-state index contributed by atoms with van der Waals surface area (Å²) in [5.41, 5.74) is 5.95. The lowest BCUT2D eigenvalue weighted by Crippen LogP contribution is -2.44. The second kappa shape index (κ2) is 11.1. The normalized spacial score (nSPS) is 13.8. The van der Waals surface area contributed by atoms with Crippen molar-refractivity contribution in [3.8, 4) is 17.0 Å². The number of aromatic nitrogens is 2. The first kappa shape index (κ1) is 25.5. The predicted octanol–water partition coefficient (Wildman–Crippen LogP) is 5.03. The third-order valence-corrected chi connectivity index (χ3v) is 7.51. The number of nitrogens with one attached hydrogen (secondary N) is 3. The number of methoxy groups -OCH3 is 1. The maximum atomic E-state index is 12.3. The summed E-state index contributed by atoms with van der Waals surface area (Å²) in [4.78, 5) is 26.5. The largest absolute Gasteiger partial charge is 0.494 e. The molecule has 0 unspecified atom stereocenters. The van der Waals surface area contributed by atoms with Gasteiger partial charge in [0, 0.05) is 50.5 Å². The molecule has 0 radical (unpaired) electrons. The molecule has 0 bridgehead atoms. The quantitative estimate of drug-likeness (QED) is 0.274. The molecule has 2 aromatic heterocycles. The fourth-order valence-electron chi connectivity index (χ4n) is 4.46. The van der Waals surface area contributed by atoms with Crippen molar-refractivity contribution in [2.45, 2.75) is 0 Å². The van der Waals surface area contributed by atoms with Gasteiger partial charge in [-0.25, -0.2) is 9.97 Å². The van der Waals surface area contributed by atoms with E-state index in [1.807, 2.05) is 54.9 Å². The number of benzene rings is 2. The molecule has 1 amide bonds. The Balaban J connectivity index is 1.55. The highest BCUT2D eigenvalue weighted by Gasteiger charge is 2.21. The number of amides is 1. The minimum absolute atomic E-state index is 0.278. The Morgan fingerprint density at radius 1 is 1.08 bits per heavy atom. The average Bonchev–Trinajstić information content (AvgIpc) is 3.42. The lowest BCUT2D eigenvalue weighted by molar-refractivity contribution is -0.111. The van der Waals surface area contributed by atoms with Crippen LogP contribution in [0.15, 0.2) is 60.5 Å². The molecule has 4 aromatic rings. The molecule has 0 aliphatic carbocycles. The van der Waals surface area contributed by atoms with E-state index in [2.05, 4.69) is 39.4 Å². The van der Waals surface area contributed by atoms with Gasteiger partial charge in [-0.3, -0.25) is 4.79 Å². The van der Waals surface area contributed by atoms with Gasteiger partial charge in [-0.1, -0.05) is 18.7 Å². The van der Waals surface area contributed by atoms with Crippen molar-refractivity contribution >= 4 is 56.2 Å². The van der Waals surface area contributed by atoms with Gasteiger partial charge in [0.1, 0.15) is 5.75 Å². The second-order valence-corrected chi connectivity index (χ2v) is 9.95. The second-order valence-electron chi connectivity index (χ2n) is 9.04. The SMILES string of the molecule is C=CC(=O)Nc1cc(Nc2nc(-c3ccc(NC)cc3)c3sccc3n2)c(OC)cc1N1CCN(C)CC1. The summed E-state index contributed by atoms with van der Waals surface area (Å²) in [6.07, 6.45) is 1.27. The van der Waals surface area contributed by atoms with Crippen LogP contribution in [-0.4, -0.2) is 68.2 Å². The zero-order valence-corrected chi connectivity index (χ0v) is 22.6. The standard InChI is InChI=1S/C28H31N7O2S/c1-5-25(36)30-21-16-22(24(37-4)17-23(21)35-13-11-34(3)12-14-35)32-28-31-20-10-15-38-27(20)26(33-28)18-6-8-19(29-2)9-7-18/h5-10,15-17,29H,1,11-14H2,2-4H3,(H,30,36)(H,31,32,33). The van der Waals surface area contributed by atoms with Crippen molar-refractivity contribution in [3.63, 3.8) is 0 Å². The van der Waals surface area contributed by atoms with E-state index in [1.54, 1.807) is 18.4 Å². The van der Waals surface area contributed by atoms with Crippen LogP contribution in [0.1, 0.15) is 0 Å². The van der Waals surface area contributed by atoms with Gasteiger partial charge in [0.15, 0.2) is 0 Å². The Kier molecular flexibility index (Phi) is 7.43. The van der Waals surface area contributed by atoms with Crippen LogP contribution >= 0.6 is 11.3 Å². The average molecular weight is 530 g/mol. The van der Waals surface area contributed by atoms with Crippen LogP contribution in [0, 0.1) is 0 Å². The smallest absolute Gasteiger partial charge is 0.247 e. The zero-order valence-electron chi connectivity index (χ0n) is 21.7. The molecule has 38 heavy (non-hydrogen) atoms. The van der Waals surface area contributed by atoms with Crippen molar-refractivity contribution in [3.05, 3.63) is 60.5 Å². The zero-order chi connectivity index (χ0) is 26.6. The number of carbonyl (C=O) groups is 1. The summed E-state index contributed by atoms with van der Waals surface area (Å²) < 4.78 is 6.79. The summed E-state index contributed by atoms with van der Waals surface area (Å²) in [6, 6.07) is 14.0. The number of likely N-dealkylation sites (N-methyl/N-ethyl adjacent to an activating group) is 1. The molecule has 10 heteroatoms. The molecule has 2 aromatic carbocycles. The van der Waals surface area contributed by atoms with Crippen LogP contribution in [0.5, 0.6) is 5.75 Å². The van der Waals surface area contributed by atoms with Crippen LogP contribution in [0.3, 0.4) is 0 Å². The Bertz CT molecular complexity index is 1460. The van der Waals surface area contributed by atoms with Gasteiger partial charge in [-0.05, 0) is 42.8 Å². The maximum Gasteiger partial charge on any atom is 0.247 e. The maximum absolute atomic E-state index is 12.3. The summed E-state index contributed by atoms with van der Waals surface area (Å²) in [6.45, 7) is 7.17. The Hall–Kier alpha value is -4.15. The van der Waals surface area contributed by atoms with E-state index >= 15 is 0 Å². The number of rotatable bonds is 8. The van der Waals surface area contributed by atoms with Gasteiger partial charge in [0.05, 0.1) is 40.1 Å². The van der Waals surface area contributed by atoms with Crippen molar-refractivity contribution < 1.29 is 9.53 Å². The molecule has 5 rings (SSSR count). The molecule has 3 N–H and O–H groups in total. The molecular weight excluding hydrogens is 498 g/mol. The molecule has 0 spiro atoms. The van der Waals surface area contributed by atoms with Crippen molar-refractivity contribution in [1.29, 1.82) is 0 Å². The molecule has 1 aliphatic rings. The van der Waals surface area contributed by atoms with Crippen molar-refractivity contribution in [1.82, 2.24) is 14.9 Å². The van der Waals surface area contributed by atoms with Crippen molar-refractivity contribution in [2.24, 2.45) is 0 Å². The first-order chi connectivity index (χ1) is 18.5. The molecule has 196 valence electrons. The number of nitrogens with zero attached hydrogens (tertiary/aromatic N) is 4. The molecule has 3 heterocycles. The Morgan fingerprint density at radius 3 is 2.53 bits per heavy atom. The van der Waals surface area contributed by atoms with E-state index in [9.17, 15) is 4.79 Å². The fourth-order valence-corrected chi connectivity index (χ4v) is 5.30. The third kappa shape index (κ3) is 5.27. The van der Waals surface area contributed by atoms with Gasteiger partial charge in [-0.2, -0.15) is 0 Å². The monoisotopic (exact) mass is 529 g/mol. The minimum atomic E-state index is -0.278. The van der Waals surface area contributed by atoms with Gasteiger partial charge in [0.2, 0.25) is 11.9 Å². The number of piperazine rings is 1. The number of thiophene rings is 1. The Labute approximate surface area is 226 Å². The van der Waals surface area contributed by atoms with E-state index in [-0.39, 0.29) is 5.91 Å². The van der Waals surface area contributed by atoms with E-state index in [4.69, 9.17) is 14.7 Å². The summed E-state index contributed by atoms with van der Waals surface area (Å²) in [5, 5.41) is 11.5. The van der Waals surface area contributed by atoms with E-state index in [0.29, 0.717) is 23.1 Å². The molecule has 1 saturated heterocycles.